The largest absolute Gasteiger partial charge is 0.325 e. The van der Waals surface area contributed by atoms with E-state index in [0.717, 1.165) is 12.2 Å². The van der Waals surface area contributed by atoms with E-state index in [1.54, 1.807) is 30.4 Å². The number of anilines is 1. The first-order valence-corrected chi connectivity index (χ1v) is 12.5. The zero-order valence-corrected chi connectivity index (χ0v) is 20.1. The number of carbonyl (C=O) groups excluding carboxylic acids is 1. The number of thiophene rings is 1. The summed E-state index contributed by atoms with van der Waals surface area (Å²) in [5, 5.41) is 25.4. The van der Waals surface area contributed by atoms with Crippen molar-refractivity contribution in [1.29, 1.82) is 0 Å². The topological polar surface area (TPSA) is 103 Å². The Morgan fingerprint density at radius 3 is 2.71 bits per heavy atom. The third-order valence-electron chi connectivity index (χ3n) is 5.19. The molecule has 4 aromatic rings. The number of aromatic nitrogens is 3. The second kappa shape index (κ2) is 11.1. The van der Waals surface area contributed by atoms with Crippen LogP contribution in [-0.4, -0.2) is 31.3 Å². The summed E-state index contributed by atoms with van der Waals surface area (Å²) in [4.78, 5) is 24.5. The molecule has 0 unspecified atom stereocenters. The highest BCUT2D eigenvalue weighted by Gasteiger charge is 2.16. The van der Waals surface area contributed by atoms with Crippen molar-refractivity contribution in [3.05, 3.63) is 98.0 Å². The highest BCUT2D eigenvalue weighted by atomic mass is 32.2. The summed E-state index contributed by atoms with van der Waals surface area (Å²) in [7, 11) is 0. The van der Waals surface area contributed by atoms with Crippen LogP contribution in [0.3, 0.4) is 0 Å². The van der Waals surface area contributed by atoms with Crippen molar-refractivity contribution < 1.29 is 9.72 Å². The molecule has 1 N–H and O–H groups in total. The molecule has 0 aliphatic heterocycles. The molecule has 0 saturated heterocycles. The number of thioether (sulfide) groups is 1. The third-order valence-corrected chi connectivity index (χ3v) is 7.04. The highest BCUT2D eigenvalue weighted by molar-refractivity contribution is 7.99. The lowest BCUT2D eigenvalue weighted by atomic mass is 10.1. The summed E-state index contributed by atoms with van der Waals surface area (Å²) >= 11 is 2.98. The minimum absolute atomic E-state index is 0.0238. The van der Waals surface area contributed by atoms with Crippen molar-refractivity contribution in [3.63, 3.8) is 0 Å². The fourth-order valence-electron chi connectivity index (χ4n) is 3.45. The number of hydrogen-bond acceptors (Lipinski definition) is 7. The molecule has 1 amide bonds. The molecule has 0 saturated carbocycles. The molecule has 2 aromatic heterocycles. The Balaban J connectivity index is 1.45. The Morgan fingerprint density at radius 1 is 1.15 bits per heavy atom. The predicted octanol–water partition coefficient (Wildman–Crippen LogP) is 5.12. The summed E-state index contributed by atoms with van der Waals surface area (Å²) in [5.74, 6) is 0.709. The molecule has 0 fully saturated rings. The van der Waals surface area contributed by atoms with Gasteiger partial charge in [-0.3, -0.25) is 14.9 Å². The molecule has 10 heteroatoms. The SMILES string of the molecule is Cc1ccc(NC(=O)CSc2nnc(Cc3cccs3)n2CCc2ccccc2)cc1[N+](=O)[O-]. The number of nitro groups is 1. The maximum Gasteiger partial charge on any atom is 0.274 e. The average Bonchev–Trinajstić information content (AvgIpc) is 3.48. The summed E-state index contributed by atoms with van der Waals surface area (Å²) < 4.78 is 2.07. The quantitative estimate of drug-likeness (QED) is 0.187. The zero-order valence-electron chi connectivity index (χ0n) is 18.5. The Bertz CT molecular complexity index is 1270. The summed E-state index contributed by atoms with van der Waals surface area (Å²) in [5.41, 5.74) is 2.13. The van der Waals surface area contributed by atoms with Gasteiger partial charge in [0.2, 0.25) is 5.91 Å². The van der Waals surface area contributed by atoms with Gasteiger partial charge in [0.15, 0.2) is 5.16 Å². The van der Waals surface area contributed by atoms with E-state index in [0.29, 0.717) is 29.4 Å². The molecular formula is C24H23N5O3S2. The van der Waals surface area contributed by atoms with Gasteiger partial charge >= 0.3 is 0 Å². The van der Waals surface area contributed by atoms with Crippen LogP contribution in [0.25, 0.3) is 0 Å². The van der Waals surface area contributed by atoms with Gasteiger partial charge in [0.1, 0.15) is 5.82 Å². The number of nitrogens with zero attached hydrogens (tertiary/aromatic N) is 4. The molecule has 8 nitrogen and oxygen atoms in total. The van der Waals surface area contributed by atoms with E-state index < -0.39 is 4.92 Å². The molecule has 0 bridgehead atoms. The Kier molecular flexibility index (Phi) is 7.71. The van der Waals surface area contributed by atoms with Gasteiger partial charge in [-0.1, -0.05) is 54.2 Å². The van der Waals surface area contributed by atoms with Crippen molar-refractivity contribution >= 4 is 40.4 Å². The van der Waals surface area contributed by atoms with Gasteiger partial charge in [0, 0.05) is 35.2 Å². The molecule has 34 heavy (non-hydrogen) atoms. The standard InChI is InChI=1S/C24H23N5O3S2/c1-17-9-10-19(14-21(17)29(31)32)25-23(30)16-34-24-27-26-22(15-20-8-5-13-33-20)28(24)12-11-18-6-3-2-4-7-18/h2-10,13-14H,11-12,15-16H2,1H3,(H,25,30). The molecule has 0 aliphatic rings. The fourth-order valence-corrected chi connectivity index (χ4v) is 4.93. The minimum atomic E-state index is -0.454. The number of nitro benzene ring substituents is 1. The van der Waals surface area contributed by atoms with E-state index in [2.05, 4.69) is 38.3 Å². The van der Waals surface area contributed by atoms with E-state index in [9.17, 15) is 14.9 Å². The van der Waals surface area contributed by atoms with Crippen LogP contribution in [0.15, 0.2) is 71.2 Å². The van der Waals surface area contributed by atoms with E-state index in [4.69, 9.17) is 0 Å². The van der Waals surface area contributed by atoms with Crippen molar-refractivity contribution in [2.45, 2.75) is 31.5 Å². The lowest BCUT2D eigenvalue weighted by molar-refractivity contribution is -0.385. The molecule has 0 spiro atoms. The first-order chi connectivity index (χ1) is 16.5. The molecule has 2 aromatic carbocycles. The Morgan fingerprint density at radius 2 is 1.97 bits per heavy atom. The minimum Gasteiger partial charge on any atom is -0.325 e. The van der Waals surface area contributed by atoms with Gasteiger partial charge in [-0.25, -0.2) is 0 Å². The molecule has 0 radical (unpaired) electrons. The van der Waals surface area contributed by atoms with E-state index >= 15 is 0 Å². The molecule has 2 heterocycles. The van der Waals surface area contributed by atoms with Gasteiger partial charge in [0.25, 0.3) is 5.69 Å². The summed E-state index contributed by atoms with van der Waals surface area (Å²) in [6, 6.07) is 18.9. The number of amides is 1. The van der Waals surface area contributed by atoms with Crippen LogP contribution in [0.2, 0.25) is 0 Å². The Hall–Kier alpha value is -3.50. The van der Waals surface area contributed by atoms with Crippen molar-refractivity contribution in [3.8, 4) is 0 Å². The van der Waals surface area contributed by atoms with Crippen molar-refractivity contribution in [2.75, 3.05) is 11.1 Å². The molecule has 0 aliphatic carbocycles. The smallest absolute Gasteiger partial charge is 0.274 e. The zero-order chi connectivity index (χ0) is 23.9. The van der Waals surface area contributed by atoms with Crippen LogP contribution in [0.5, 0.6) is 0 Å². The normalized spacial score (nSPS) is 10.9. The second-order valence-electron chi connectivity index (χ2n) is 7.64. The van der Waals surface area contributed by atoms with Crippen LogP contribution in [0.1, 0.15) is 21.8 Å². The third kappa shape index (κ3) is 6.09. The average molecular weight is 494 g/mol. The lowest BCUT2D eigenvalue weighted by Gasteiger charge is -2.10. The van der Waals surface area contributed by atoms with Gasteiger partial charge in [-0.05, 0) is 36.4 Å². The molecular weight excluding hydrogens is 470 g/mol. The van der Waals surface area contributed by atoms with Crippen LogP contribution in [-0.2, 0) is 24.2 Å². The van der Waals surface area contributed by atoms with Gasteiger partial charge < -0.3 is 9.88 Å². The van der Waals surface area contributed by atoms with E-state index in [1.165, 1.54) is 28.3 Å². The maximum atomic E-state index is 12.5. The lowest BCUT2D eigenvalue weighted by Crippen LogP contribution is -2.15. The number of rotatable bonds is 10. The summed E-state index contributed by atoms with van der Waals surface area (Å²) in [6.45, 7) is 2.36. The van der Waals surface area contributed by atoms with Crippen molar-refractivity contribution in [1.82, 2.24) is 14.8 Å². The second-order valence-corrected chi connectivity index (χ2v) is 9.61. The molecule has 0 atom stereocenters. The van der Waals surface area contributed by atoms with Crippen LogP contribution < -0.4 is 5.32 Å². The van der Waals surface area contributed by atoms with E-state index in [1.807, 2.05) is 29.6 Å². The first-order valence-electron chi connectivity index (χ1n) is 10.7. The number of benzene rings is 2. The highest BCUT2D eigenvalue weighted by Crippen LogP contribution is 2.24. The molecule has 4 rings (SSSR count). The number of hydrogen-bond donors (Lipinski definition) is 1. The van der Waals surface area contributed by atoms with Crippen molar-refractivity contribution in [2.24, 2.45) is 0 Å². The van der Waals surface area contributed by atoms with Crippen LogP contribution >= 0.6 is 23.1 Å². The van der Waals surface area contributed by atoms with Crippen LogP contribution in [0, 0.1) is 17.0 Å². The summed E-state index contributed by atoms with van der Waals surface area (Å²) in [6.07, 6.45) is 1.50. The first kappa shape index (κ1) is 23.7. The van der Waals surface area contributed by atoms with Crippen LogP contribution in [0.4, 0.5) is 11.4 Å². The number of nitrogens with one attached hydrogen (secondary N) is 1. The van der Waals surface area contributed by atoms with Gasteiger partial charge in [-0.15, -0.1) is 21.5 Å². The number of aryl methyl sites for hydroxylation is 2. The van der Waals surface area contributed by atoms with Gasteiger partial charge in [-0.2, -0.15) is 0 Å². The fraction of sp³-hybridized carbons (Fsp3) is 0.208. The molecule has 174 valence electrons. The number of carbonyl (C=O) groups is 1. The predicted molar refractivity (Wildman–Crippen MR) is 134 cm³/mol. The Labute approximate surface area is 205 Å². The van der Waals surface area contributed by atoms with E-state index in [-0.39, 0.29) is 17.3 Å². The van der Waals surface area contributed by atoms with Gasteiger partial charge in [0.05, 0.1) is 10.7 Å². The maximum absolute atomic E-state index is 12.5. The monoisotopic (exact) mass is 493 g/mol.